The lowest BCUT2D eigenvalue weighted by atomic mass is 9.90. The Hall–Kier alpha value is -2.75. The maximum absolute atomic E-state index is 12.7. The Balaban J connectivity index is 2.34. The zero-order valence-electron chi connectivity index (χ0n) is 14.6. The van der Waals surface area contributed by atoms with Gasteiger partial charge in [-0.15, -0.1) is 0 Å². The van der Waals surface area contributed by atoms with Crippen molar-refractivity contribution in [2.24, 2.45) is 5.92 Å². The normalized spacial score (nSPS) is 11.5. The van der Waals surface area contributed by atoms with Gasteiger partial charge in [-0.3, -0.25) is 4.79 Å². The molecule has 0 saturated heterocycles. The number of fused-ring (bicyclic) bond motifs is 3. The van der Waals surface area contributed by atoms with Gasteiger partial charge in [0.15, 0.2) is 5.78 Å². The van der Waals surface area contributed by atoms with E-state index in [-0.39, 0.29) is 28.6 Å². The summed E-state index contributed by atoms with van der Waals surface area (Å²) in [7, 11) is 0. The lowest BCUT2D eigenvalue weighted by Gasteiger charge is -2.16. The predicted octanol–water partition coefficient (Wildman–Crippen LogP) is 5.04. The zero-order chi connectivity index (χ0) is 18.3. The van der Waals surface area contributed by atoms with Crippen molar-refractivity contribution in [3.8, 4) is 17.2 Å². The van der Waals surface area contributed by atoms with Crippen molar-refractivity contribution in [3.05, 3.63) is 41.5 Å². The number of ketones is 1. The van der Waals surface area contributed by atoms with Crippen molar-refractivity contribution >= 4 is 27.3 Å². The largest absolute Gasteiger partial charge is 0.507 e. The van der Waals surface area contributed by atoms with Gasteiger partial charge in [0.05, 0.1) is 5.56 Å². The second-order valence-electron chi connectivity index (χ2n) is 6.91. The molecule has 0 aromatic heterocycles. The first kappa shape index (κ1) is 17.1. The second kappa shape index (κ2) is 6.28. The topological polar surface area (TPSA) is 77.8 Å². The molecule has 0 saturated carbocycles. The third-order valence-corrected chi connectivity index (χ3v) is 4.72. The Morgan fingerprint density at radius 3 is 2.32 bits per heavy atom. The van der Waals surface area contributed by atoms with Crippen LogP contribution in [0.15, 0.2) is 30.3 Å². The maximum Gasteiger partial charge on any atom is 0.167 e. The Bertz CT molecular complexity index is 987. The lowest BCUT2D eigenvalue weighted by Crippen LogP contribution is -2.05. The van der Waals surface area contributed by atoms with Crippen LogP contribution < -0.4 is 0 Å². The van der Waals surface area contributed by atoms with Crippen LogP contribution >= 0.6 is 0 Å². The average molecular weight is 338 g/mol. The third-order valence-electron chi connectivity index (χ3n) is 4.72. The van der Waals surface area contributed by atoms with Gasteiger partial charge in [-0.2, -0.15) is 0 Å². The van der Waals surface area contributed by atoms with Crippen LogP contribution in [0.1, 0.15) is 42.6 Å². The van der Waals surface area contributed by atoms with Crippen LogP contribution in [0.4, 0.5) is 0 Å². The highest BCUT2D eigenvalue weighted by molar-refractivity contribution is 6.18. The monoisotopic (exact) mass is 338 g/mol. The molecule has 3 aromatic carbocycles. The first-order chi connectivity index (χ1) is 11.8. The number of hydrogen-bond donors (Lipinski definition) is 3. The van der Waals surface area contributed by atoms with Crippen molar-refractivity contribution < 1.29 is 20.1 Å². The van der Waals surface area contributed by atoms with Crippen LogP contribution in [-0.4, -0.2) is 21.1 Å². The van der Waals surface area contributed by atoms with E-state index in [1.807, 2.05) is 13.8 Å². The predicted molar refractivity (Wildman–Crippen MR) is 99.6 cm³/mol. The highest BCUT2D eigenvalue weighted by Crippen LogP contribution is 2.44. The first-order valence-electron chi connectivity index (χ1n) is 8.45. The SMILES string of the molecule is Cc1c(C(=O)CCC(C)C)c(O)c2c(ccc3c(O)cccc32)c1O. The number of phenols is 3. The third kappa shape index (κ3) is 2.78. The smallest absolute Gasteiger partial charge is 0.167 e. The minimum atomic E-state index is -0.182. The van der Waals surface area contributed by atoms with Gasteiger partial charge >= 0.3 is 0 Å². The quantitative estimate of drug-likeness (QED) is 0.354. The molecule has 4 nitrogen and oxygen atoms in total. The molecular formula is C21H22O4. The number of benzene rings is 3. The van der Waals surface area contributed by atoms with Gasteiger partial charge in [0, 0.05) is 28.1 Å². The summed E-state index contributed by atoms with van der Waals surface area (Å²) in [5, 5.41) is 33.5. The molecule has 3 rings (SSSR count). The van der Waals surface area contributed by atoms with E-state index in [0.717, 1.165) is 0 Å². The van der Waals surface area contributed by atoms with Gasteiger partial charge in [0.2, 0.25) is 0 Å². The summed E-state index contributed by atoms with van der Waals surface area (Å²) in [4.78, 5) is 12.7. The van der Waals surface area contributed by atoms with E-state index in [2.05, 4.69) is 0 Å². The number of Topliss-reactive ketones (excluding diaryl/α,β-unsaturated/α-hetero) is 1. The molecule has 0 radical (unpaired) electrons. The van der Waals surface area contributed by atoms with Gasteiger partial charge in [-0.25, -0.2) is 0 Å². The number of hydrogen-bond acceptors (Lipinski definition) is 4. The van der Waals surface area contributed by atoms with E-state index in [4.69, 9.17) is 0 Å². The van der Waals surface area contributed by atoms with Crippen LogP contribution in [0.25, 0.3) is 21.5 Å². The average Bonchev–Trinajstić information content (AvgIpc) is 2.57. The Kier molecular flexibility index (Phi) is 4.29. The van der Waals surface area contributed by atoms with Crippen LogP contribution in [0.3, 0.4) is 0 Å². The van der Waals surface area contributed by atoms with Crippen LogP contribution in [0.2, 0.25) is 0 Å². The van der Waals surface area contributed by atoms with Crippen molar-refractivity contribution in [1.29, 1.82) is 0 Å². The van der Waals surface area contributed by atoms with Gasteiger partial charge in [0.25, 0.3) is 0 Å². The van der Waals surface area contributed by atoms with Gasteiger partial charge in [0.1, 0.15) is 17.2 Å². The Morgan fingerprint density at radius 1 is 0.960 bits per heavy atom. The van der Waals surface area contributed by atoms with Crippen LogP contribution in [0, 0.1) is 12.8 Å². The molecule has 0 spiro atoms. The molecule has 25 heavy (non-hydrogen) atoms. The van der Waals surface area contributed by atoms with E-state index in [1.54, 1.807) is 37.3 Å². The van der Waals surface area contributed by atoms with Crippen LogP contribution in [-0.2, 0) is 0 Å². The molecule has 130 valence electrons. The fourth-order valence-corrected chi connectivity index (χ4v) is 3.30. The fourth-order valence-electron chi connectivity index (χ4n) is 3.30. The lowest BCUT2D eigenvalue weighted by molar-refractivity contribution is 0.0972. The molecular weight excluding hydrogens is 316 g/mol. The van der Waals surface area contributed by atoms with Crippen molar-refractivity contribution in [2.75, 3.05) is 0 Å². The van der Waals surface area contributed by atoms with E-state index >= 15 is 0 Å². The highest BCUT2D eigenvalue weighted by Gasteiger charge is 2.23. The molecule has 0 atom stereocenters. The number of carbonyl (C=O) groups is 1. The second-order valence-corrected chi connectivity index (χ2v) is 6.91. The van der Waals surface area contributed by atoms with Crippen molar-refractivity contribution in [1.82, 2.24) is 0 Å². The number of carbonyl (C=O) groups excluding carboxylic acids is 1. The van der Waals surface area contributed by atoms with E-state index < -0.39 is 0 Å². The summed E-state index contributed by atoms with van der Waals surface area (Å²) in [6.45, 7) is 5.71. The molecule has 3 N–H and O–H groups in total. The molecule has 0 fully saturated rings. The van der Waals surface area contributed by atoms with Crippen LogP contribution in [0.5, 0.6) is 17.2 Å². The molecule has 0 aliphatic heterocycles. The van der Waals surface area contributed by atoms with Gasteiger partial charge in [-0.1, -0.05) is 26.0 Å². The minimum absolute atomic E-state index is 0.00839. The van der Waals surface area contributed by atoms with Crippen molar-refractivity contribution in [3.63, 3.8) is 0 Å². The van der Waals surface area contributed by atoms with E-state index in [9.17, 15) is 20.1 Å². The fraction of sp³-hybridized carbons (Fsp3) is 0.286. The minimum Gasteiger partial charge on any atom is -0.507 e. The van der Waals surface area contributed by atoms with Gasteiger partial charge < -0.3 is 15.3 Å². The zero-order valence-corrected chi connectivity index (χ0v) is 14.6. The van der Waals surface area contributed by atoms with E-state index in [0.29, 0.717) is 45.9 Å². The maximum atomic E-state index is 12.7. The molecule has 0 aliphatic carbocycles. The van der Waals surface area contributed by atoms with Gasteiger partial charge in [-0.05, 0) is 42.8 Å². The standard InChI is InChI=1S/C21H22O4/c1-11(2)7-10-17(23)18-12(3)20(24)15-9-8-13-14(19(15)21(18)25)5-4-6-16(13)22/h4-6,8-9,11,22,24-25H,7,10H2,1-3H3. The summed E-state index contributed by atoms with van der Waals surface area (Å²) in [6, 6.07) is 8.35. The molecule has 0 aliphatic rings. The molecule has 4 heteroatoms. The first-order valence-corrected chi connectivity index (χ1v) is 8.45. The molecule has 3 aromatic rings. The molecule has 0 unspecified atom stereocenters. The summed E-state index contributed by atoms with van der Waals surface area (Å²) >= 11 is 0. The van der Waals surface area contributed by atoms with Crippen molar-refractivity contribution in [2.45, 2.75) is 33.6 Å². The molecule has 0 bridgehead atoms. The summed E-state index contributed by atoms with van der Waals surface area (Å²) in [6.07, 6.45) is 1.03. The summed E-state index contributed by atoms with van der Waals surface area (Å²) in [5.74, 6) is 0.143. The summed E-state index contributed by atoms with van der Waals surface area (Å²) < 4.78 is 0. The number of aromatic hydroxyl groups is 3. The van der Waals surface area contributed by atoms with E-state index in [1.165, 1.54) is 0 Å². The highest BCUT2D eigenvalue weighted by atomic mass is 16.3. The molecule has 0 amide bonds. The Labute approximate surface area is 146 Å². The Morgan fingerprint density at radius 2 is 1.64 bits per heavy atom. The molecule has 0 heterocycles. The number of rotatable bonds is 4. The summed E-state index contributed by atoms with van der Waals surface area (Å²) in [5.41, 5.74) is 0.555. The number of phenolic OH excluding ortho intramolecular Hbond substituents is 3.